The fourth-order valence-electron chi connectivity index (χ4n) is 4.71. The monoisotopic (exact) mass is 588 g/mol. The lowest BCUT2D eigenvalue weighted by atomic mass is 10.1. The molecule has 0 fully saturated rings. The second-order valence-electron chi connectivity index (χ2n) is 9.03. The highest BCUT2D eigenvalue weighted by atomic mass is 19.3. The molecule has 0 atom stereocenters. The van der Waals surface area contributed by atoms with Gasteiger partial charge in [-0.05, 0) is 69.3 Å². The van der Waals surface area contributed by atoms with Crippen molar-refractivity contribution in [3.63, 3.8) is 0 Å². The van der Waals surface area contributed by atoms with Gasteiger partial charge in [0.05, 0.1) is 64.7 Å². The van der Waals surface area contributed by atoms with Gasteiger partial charge in [-0.2, -0.15) is 0 Å². The molecule has 13 heteroatoms. The van der Waals surface area contributed by atoms with Crippen molar-refractivity contribution in [3.8, 4) is 0 Å². The Morgan fingerprint density at radius 2 is 0.884 bits per heavy atom. The molecule has 0 radical (unpaired) electrons. The number of carbonyl (C=O) groups excluding carboxylic acids is 4. The molecule has 8 bridgehead atoms. The maximum atomic E-state index is 13.3. The number of rotatable bonds is 7. The Hall–Kier alpha value is -5.59. The molecule has 12 nitrogen and oxygen atoms in total. The van der Waals surface area contributed by atoms with Gasteiger partial charge in [-0.1, -0.05) is 0 Å². The molecule has 0 unspecified atom stereocenters. The fraction of sp³-hybridized carbons (Fsp3) is 0.200. The van der Waals surface area contributed by atoms with Crippen LogP contribution in [0.1, 0.15) is 85.0 Å². The van der Waals surface area contributed by atoms with Crippen LogP contribution in [0.2, 0.25) is 0 Å². The Morgan fingerprint density at radius 1 is 0.558 bits per heavy atom. The van der Waals surface area contributed by atoms with E-state index in [1.807, 2.05) is 0 Å². The summed E-state index contributed by atoms with van der Waals surface area (Å²) in [6.07, 6.45) is 6.05. The third kappa shape index (κ3) is 5.39. The van der Waals surface area contributed by atoms with E-state index in [9.17, 15) is 23.7 Å². The van der Waals surface area contributed by atoms with Crippen LogP contribution in [0.5, 0.6) is 0 Å². The number of aromatic nitrogens is 4. The summed E-state index contributed by atoms with van der Waals surface area (Å²) in [5.74, 6) is -3.53. The molecule has 0 aromatic carbocycles. The van der Waals surface area contributed by atoms with E-state index in [4.69, 9.17) is 14.2 Å². The zero-order valence-electron chi connectivity index (χ0n) is 23.3. The zero-order chi connectivity index (χ0) is 30.7. The van der Waals surface area contributed by atoms with Crippen LogP contribution in [0, 0.1) is 0 Å². The molecule has 5 heterocycles. The lowest BCUT2D eigenvalue weighted by Gasteiger charge is -2.05. The van der Waals surface area contributed by atoms with E-state index in [0.717, 1.165) is 0 Å². The van der Waals surface area contributed by atoms with Gasteiger partial charge in [0.2, 0.25) is 0 Å². The number of aromatic amines is 2. The van der Waals surface area contributed by atoms with Crippen LogP contribution in [0.15, 0.2) is 24.3 Å². The number of nitrogens with one attached hydrogen (secondary N) is 2. The number of fused-ring (bicyclic) bond motifs is 8. The van der Waals surface area contributed by atoms with Crippen LogP contribution in [0.4, 0.5) is 4.53 Å². The summed E-state index contributed by atoms with van der Waals surface area (Å²) >= 11 is 0. The Labute approximate surface area is 243 Å². The molecule has 5 rings (SSSR count). The van der Waals surface area contributed by atoms with E-state index in [1.165, 1.54) is 48.6 Å². The largest absolute Gasteiger partial charge is 0.462 e. The first-order chi connectivity index (χ1) is 20.8. The quantitative estimate of drug-likeness (QED) is 0.190. The van der Waals surface area contributed by atoms with E-state index in [1.54, 1.807) is 20.8 Å². The molecule has 43 heavy (non-hydrogen) atoms. The van der Waals surface area contributed by atoms with Crippen molar-refractivity contribution in [1.29, 1.82) is 0 Å². The lowest BCUT2D eigenvalue weighted by molar-refractivity contribution is -0.0784. The summed E-state index contributed by atoms with van der Waals surface area (Å²) in [6.45, 7) is 5.10. The molecular formula is C30H25FN4O8. The Bertz CT molecular complexity index is 1770. The maximum absolute atomic E-state index is 13.3. The molecule has 0 saturated carbocycles. The summed E-state index contributed by atoms with van der Waals surface area (Å²) < 4.78 is 29.2. The zero-order valence-corrected chi connectivity index (χ0v) is 23.3. The van der Waals surface area contributed by atoms with Gasteiger partial charge in [-0.15, -0.1) is 0 Å². The third-order valence-corrected chi connectivity index (χ3v) is 6.47. The minimum Gasteiger partial charge on any atom is -0.462 e. The minimum atomic E-state index is -1.34. The van der Waals surface area contributed by atoms with E-state index in [0.29, 0.717) is 0 Å². The number of hydrogen-bond donors (Lipinski definition) is 2. The van der Waals surface area contributed by atoms with E-state index in [2.05, 4.69) is 24.9 Å². The van der Waals surface area contributed by atoms with Crippen molar-refractivity contribution in [1.82, 2.24) is 19.9 Å². The molecule has 2 aliphatic rings. The number of hydrogen-bond acceptors (Lipinski definition) is 10. The first-order valence-electron chi connectivity index (χ1n) is 13.3. The molecule has 0 spiro atoms. The Balaban J connectivity index is 2.01. The molecule has 0 amide bonds. The van der Waals surface area contributed by atoms with E-state index >= 15 is 0 Å². The predicted molar refractivity (Wildman–Crippen MR) is 153 cm³/mol. The van der Waals surface area contributed by atoms with Gasteiger partial charge in [0.1, 0.15) is 22.3 Å². The Kier molecular flexibility index (Phi) is 8.14. The average molecular weight is 589 g/mol. The number of esters is 3. The molecule has 0 aliphatic carbocycles. The van der Waals surface area contributed by atoms with Gasteiger partial charge >= 0.3 is 23.9 Å². The van der Waals surface area contributed by atoms with Gasteiger partial charge in [0.15, 0.2) is 0 Å². The van der Waals surface area contributed by atoms with Crippen molar-refractivity contribution in [2.75, 3.05) is 19.8 Å². The lowest BCUT2D eigenvalue weighted by Crippen LogP contribution is -2.10. The fourth-order valence-corrected chi connectivity index (χ4v) is 4.71. The van der Waals surface area contributed by atoms with Crippen molar-refractivity contribution in [2.24, 2.45) is 0 Å². The predicted octanol–water partition coefficient (Wildman–Crippen LogP) is 5.23. The van der Waals surface area contributed by atoms with Gasteiger partial charge in [0.25, 0.3) is 0 Å². The van der Waals surface area contributed by atoms with Crippen LogP contribution in [0.3, 0.4) is 0 Å². The number of halogens is 1. The highest BCUT2D eigenvalue weighted by Gasteiger charge is 2.25. The van der Waals surface area contributed by atoms with Crippen LogP contribution in [-0.2, 0) is 19.2 Å². The van der Waals surface area contributed by atoms with Gasteiger partial charge in [-0.25, -0.2) is 34.1 Å². The average Bonchev–Trinajstić information content (AvgIpc) is 3.80. The topological polar surface area (TPSA) is 163 Å². The number of nitrogens with zero attached hydrogens (tertiary/aromatic N) is 2. The first kappa shape index (κ1) is 28.9. The molecule has 0 saturated heterocycles. The number of ether oxygens (including phenoxy) is 3. The van der Waals surface area contributed by atoms with Gasteiger partial charge in [-0.3, -0.25) is 0 Å². The van der Waals surface area contributed by atoms with Crippen molar-refractivity contribution >= 4 is 70.2 Å². The maximum Gasteiger partial charge on any atom is 0.383 e. The Morgan fingerprint density at radius 3 is 1.23 bits per heavy atom. The molecule has 3 aromatic heterocycles. The minimum absolute atomic E-state index is 0.00137. The smallest absolute Gasteiger partial charge is 0.383 e. The SMILES string of the molecule is CCOC(=O)c1c2nc(c(C(=O)OCC)c3ccc([nH]3)c(C(=O)OF)c3ccc([nH]3)c(C(=O)OCC)c3nc1C=C3)C=C2. The highest BCUT2D eigenvalue weighted by Crippen LogP contribution is 2.28. The van der Waals surface area contributed by atoms with Crippen molar-refractivity contribution < 1.29 is 42.9 Å². The summed E-state index contributed by atoms with van der Waals surface area (Å²) in [4.78, 5) is 70.7. The number of carbonyl (C=O) groups is 4. The van der Waals surface area contributed by atoms with Gasteiger partial charge in [0, 0.05) is 4.53 Å². The standard InChI is InChI=1S/C30H25FN4O8/c1-4-40-27(36)23-15-7-9-17(32-15)24(28(37)41-5-2)19-11-13-21(34-19)26(30(39)43-31)22-14-12-20(35-22)25(29(38)42-6-3)18-10-8-16(23)33-18/h7-14,34-35H,4-6H2,1-3H3. The molecule has 2 N–H and O–H groups in total. The molecule has 3 aromatic rings. The van der Waals surface area contributed by atoms with Crippen molar-refractivity contribution in [2.45, 2.75) is 20.8 Å². The van der Waals surface area contributed by atoms with Crippen LogP contribution in [0.25, 0.3) is 46.4 Å². The summed E-state index contributed by atoms with van der Waals surface area (Å²) in [5.41, 5.74) is 0.816. The van der Waals surface area contributed by atoms with E-state index < -0.39 is 23.9 Å². The van der Waals surface area contributed by atoms with Crippen LogP contribution < -0.4 is 0 Å². The summed E-state index contributed by atoms with van der Waals surface area (Å²) in [7, 11) is 0. The summed E-state index contributed by atoms with van der Waals surface area (Å²) in [5, 5.41) is 0. The van der Waals surface area contributed by atoms with Crippen LogP contribution in [-0.4, -0.2) is 63.6 Å². The van der Waals surface area contributed by atoms with Crippen molar-refractivity contribution in [3.05, 3.63) is 69.3 Å². The van der Waals surface area contributed by atoms with Crippen LogP contribution >= 0.6 is 0 Å². The second-order valence-corrected chi connectivity index (χ2v) is 9.03. The van der Waals surface area contributed by atoms with E-state index in [-0.39, 0.29) is 86.9 Å². The molecule has 2 aliphatic heterocycles. The van der Waals surface area contributed by atoms with Gasteiger partial charge < -0.3 is 24.2 Å². The molecular weight excluding hydrogens is 563 g/mol. The normalized spacial score (nSPS) is 11.7. The number of H-pyrrole nitrogens is 2. The molecule has 220 valence electrons. The highest BCUT2D eigenvalue weighted by molar-refractivity contribution is 6.08. The summed E-state index contributed by atoms with van der Waals surface area (Å²) in [6, 6.07) is 5.86. The third-order valence-electron chi connectivity index (χ3n) is 6.47. The first-order valence-corrected chi connectivity index (χ1v) is 13.3. The second kappa shape index (κ2) is 12.1.